The standard InChI is InChI=1S/C18H28N2/c1-14-6-8-16(9-7-14)15(2)20(18-10-11-18)13-17-5-3-4-12-19-17/h6-9,15,17-19H,3-5,10-13H2,1-2H3. The molecule has 2 nitrogen and oxygen atoms in total. The van der Waals surface area contributed by atoms with E-state index in [-0.39, 0.29) is 0 Å². The molecule has 1 N–H and O–H groups in total. The Morgan fingerprint density at radius 3 is 2.50 bits per heavy atom. The summed E-state index contributed by atoms with van der Waals surface area (Å²) in [5, 5.41) is 3.71. The SMILES string of the molecule is Cc1ccc(C(C)N(CC2CCCCN2)C2CC2)cc1. The third-order valence-electron chi connectivity index (χ3n) is 4.92. The van der Waals surface area contributed by atoms with Crippen molar-refractivity contribution in [3.63, 3.8) is 0 Å². The summed E-state index contributed by atoms with van der Waals surface area (Å²) in [5.41, 5.74) is 2.83. The Kier molecular flexibility index (Phi) is 4.42. The minimum absolute atomic E-state index is 0.548. The van der Waals surface area contributed by atoms with Crippen molar-refractivity contribution in [1.29, 1.82) is 0 Å². The topological polar surface area (TPSA) is 15.3 Å². The molecule has 0 spiro atoms. The van der Waals surface area contributed by atoms with Gasteiger partial charge in [0.1, 0.15) is 0 Å². The Labute approximate surface area is 123 Å². The molecule has 1 heterocycles. The molecule has 3 rings (SSSR count). The number of rotatable bonds is 5. The lowest BCUT2D eigenvalue weighted by Gasteiger charge is -2.35. The second-order valence-corrected chi connectivity index (χ2v) is 6.66. The molecule has 2 atom stereocenters. The fourth-order valence-corrected chi connectivity index (χ4v) is 3.40. The zero-order chi connectivity index (χ0) is 13.9. The van der Waals surface area contributed by atoms with Gasteiger partial charge in [0.15, 0.2) is 0 Å². The molecule has 1 aliphatic carbocycles. The molecule has 2 heteroatoms. The van der Waals surface area contributed by atoms with E-state index in [0.717, 1.165) is 6.04 Å². The van der Waals surface area contributed by atoms with Crippen LogP contribution in [0.3, 0.4) is 0 Å². The normalized spacial score (nSPS) is 24.9. The van der Waals surface area contributed by atoms with Gasteiger partial charge in [-0.2, -0.15) is 0 Å². The highest BCUT2D eigenvalue weighted by Crippen LogP contribution is 2.34. The molecule has 0 bridgehead atoms. The van der Waals surface area contributed by atoms with E-state index < -0.39 is 0 Å². The monoisotopic (exact) mass is 272 g/mol. The van der Waals surface area contributed by atoms with Crippen LogP contribution in [0.5, 0.6) is 0 Å². The summed E-state index contributed by atoms with van der Waals surface area (Å²) in [4.78, 5) is 2.74. The summed E-state index contributed by atoms with van der Waals surface area (Å²) in [6.45, 7) is 6.98. The number of nitrogens with one attached hydrogen (secondary N) is 1. The average molecular weight is 272 g/mol. The Morgan fingerprint density at radius 2 is 1.90 bits per heavy atom. The van der Waals surface area contributed by atoms with Crippen molar-refractivity contribution < 1.29 is 0 Å². The molecule has 0 amide bonds. The van der Waals surface area contributed by atoms with Gasteiger partial charge in [-0.15, -0.1) is 0 Å². The molecular formula is C18H28N2. The summed E-state index contributed by atoms with van der Waals surface area (Å²) in [7, 11) is 0. The van der Waals surface area contributed by atoms with Gasteiger partial charge >= 0.3 is 0 Å². The van der Waals surface area contributed by atoms with Gasteiger partial charge in [-0.1, -0.05) is 36.2 Å². The van der Waals surface area contributed by atoms with Gasteiger partial charge in [0.05, 0.1) is 0 Å². The molecule has 1 aromatic carbocycles. The van der Waals surface area contributed by atoms with Crippen LogP contribution in [-0.2, 0) is 0 Å². The molecule has 1 aliphatic heterocycles. The van der Waals surface area contributed by atoms with Crippen LogP contribution >= 0.6 is 0 Å². The molecule has 2 unspecified atom stereocenters. The van der Waals surface area contributed by atoms with Crippen LogP contribution in [0.2, 0.25) is 0 Å². The minimum Gasteiger partial charge on any atom is -0.313 e. The van der Waals surface area contributed by atoms with E-state index >= 15 is 0 Å². The Hall–Kier alpha value is -0.860. The summed E-state index contributed by atoms with van der Waals surface area (Å²) < 4.78 is 0. The lowest BCUT2D eigenvalue weighted by molar-refractivity contribution is 0.167. The van der Waals surface area contributed by atoms with E-state index in [1.807, 2.05) is 0 Å². The van der Waals surface area contributed by atoms with Gasteiger partial charge in [-0.3, -0.25) is 4.90 Å². The molecule has 1 aromatic rings. The number of nitrogens with zero attached hydrogens (tertiary/aromatic N) is 1. The summed E-state index contributed by atoms with van der Waals surface area (Å²) in [6.07, 6.45) is 6.89. The highest BCUT2D eigenvalue weighted by atomic mass is 15.2. The zero-order valence-electron chi connectivity index (χ0n) is 12.9. The van der Waals surface area contributed by atoms with Crippen molar-refractivity contribution in [3.05, 3.63) is 35.4 Å². The van der Waals surface area contributed by atoms with Crippen molar-refractivity contribution in [3.8, 4) is 0 Å². The van der Waals surface area contributed by atoms with Gasteiger partial charge < -0.3 is 5.32 Å². The molecule has 2 aliphatic rings. The summed E-state index contributed by atoms with van der Waals surface area (Å²) >= 11 is 0. The van der Waals surface area contributed by atoms with E-state index in [9.17, 15) is 0 Å². The molecule has 0 aromatic heterocycles. The first-order valence-corrected chi connectivity index (χ1v) is 8.30. The molecule has 20 heavy (non-hydrogen) atoms. The van der Waals surface area contributed by atoms with E-state index in [0.29, 0.717) is 12.1 Å². The average Bonchev–Trinajstić information content (AvgIpc) is 3.30. The van der Waals surface area contributed by atoms with Crippen LogP contribution in [0.25, 0.3) is 0 Å². The van der Waals surface area contributed by atoms with Crippen LogP contribution in [0, 0.1) is 6.92 Å². The summed E-state index contributed by atoms with van der Waals surface area (Å²) in [6, 6.07) is 11.2. The molecule has 110 valence electrons. The van der Waals surface area contributed by atoms with Crippen LogP contribution in [-0.4, -0.2) is 30.1 Å². The van der Waals surface area contributed by atoms with E-state index in [1.165, 1.54) is 56.3 Å². The Morgan fingerprint density at radius 1 is 1.15 bits per heavy atom. The van der Waals surface area contributed by atoms with E-state index in [2.05, 4.69) is 48.3 Å². The lowest BCUT2D eigenvalue weighted by Crippen LogP contribution is -2.45. The number of aryl methyl sites for hydroxylation is 1. The van der Waals surface area contributed by atoms with Gasteiger partial charge in [-0.05, 0) is 51.6 Å². The second-order valence-electron chi connectivity index (χ2n) is 6.66. The molecular weight excluding hydrogens is 244 g/mol. The van der Waals surface area contributed by atoms with Crippen molar-refractivity contribution >= 4 is 0 Å². The highest BCUT2D eigenvalue weighted by molar-refractivity contribution is 5.24. The fraction of sp³-hybridized carbons (Fsp3) is 0.667. The van der Waals surface area contributed by atoms with Crippen LogP contribution < -0.4 is 5.32 Å². The fourth-order valence-electron chi connectivity index (χ4n) is 3.40. The predicted octanol–water partition coefficient (Wildman–Crippen LogP) is 3.66. The van der Waals surface area contributed by atoms with Gasteiger partial charge in [0.2, 0.25) is 0 Å². The highest BCUT2D eigenvalue weighted by Gasteiger charge is 2.34. The number of piperidine rings is 1. The van der Waals surface area contributed by atoms with Crippen LogP contribution in [0.1, 0.15) is 56.2 Å². The van der Waals surface area contributed by atoms with Crippen molar-refractivity contribution in [2.75, 3.05) is 13.1 Å². The second kappa shape index (κ2) is 6.28. The zero-order valence-corrected chi connectivity index (χ0v) is 12.9. The quantitative estimate of drug-likeness (QED) is 0.880. The third kappa shape index (κ3) is 3.42. The number of hydrogen-bond donors (Lipinski definition) is 1. The Bertz CT molecular complexity index is 416. The lowest BCUT2D eigenvalue weighted by atomic mass is 10.0. The minimum atomic E-state index is 0.548. The Balaban J connectivity index is 1.67. The predicted molar refractivity (Wildman–Crippen MR) is 85.0 cm³/mol. The third-order valence-corrected chi connectivity index (χ3v) is 4.92. The van der Waals surface area contributed by atoms with Crippen molar-refractivity contribution in [2.24, 2.45) is 0 Å². The molecule has 0 radical (unpaired) electrons. The first-order chi connectivity index (χ1) is 9.74. The maximum Gasteiger partial charge on any atom is 0.0323 e. The van der Waals surface area contributed by atoms with Crippen LogP contribution in [0.15, 0.2) is 24.3 Å². The first kappa shape index (κ1) is 14.1. The maximum atomic E-state index is 3.71. The molecule has 1 saturated heterocycles. The number of hydrogen-bond acceptors (Lipinski definition) is 2. The van der Waals surface area contributed by atoms with E-state index in [1.54, 1.807) is 0 Å². The molecule has 2 fully saturated rings. The van der Waals surface area contributed by atoms with Gasteiger partial charge in [0, 0.05) is 24.7 Å². The maximum absolute atomic E-state index is 3.71. The van der Waals surface area contributed by atoms with Crippen LogP contribution in [0.4, 0.5) is 0 Å². The summed E-state index contributed by atoms with van der Waals surface area (Å²) in [5.74, 6) is 0. The van der Waals surface area contributed by atoms with Crippen molar-refractivity contribution in [2.45, 2.75) is 64.1 Å². The van der Waals surface area contributed by atoms with E-state index in [4.69, 9.17) is 0 Å². The van der Waals surface area contributed by atoms with Gasteiger partial charge in [0.25, 0.3) is 0 Å². The smallest absolute Gasteiger partial charge is 0.0323 e. The molecule has 1 saturated carbocycles. The first-order valence-electron chi connectivity index (χ1n) is 8.30. The largest absolute Gasteiger partial charge is 0.313 e. The number of benzene rings is 1. The van der Waals surface area contributed by atoms with Gasteiger partial charge in [-0.25, -0.2) is 0 Å². The van der Waals surface area contributed by atoms with Crippen molar-refractivity contribution in [1.82, 2.24) is 10.2 Å².